The first-order valence-electron chi connectivity index (χ1n) is 16.8. The van der Waals surface area contributed by atoms with Crippen LogP contribution in [-0.2, 0) is 19.0 Å². The summed E-state index contributed by atoms with van der Waals surface area (Å²) in [6, 6.07) is 0. The van der Waals surface area contributed by atoms with Crippen LogP contribution in [0.5, 0.6) is 0 Å². The number of fused-ring (bicyclic) bond motifs is 5. The number of ether oxygens (including phenoxy) is 3. The molecule has 5 rings (SSSR count). The molecule has 1 saturated heterocycles. The van der Waals surface area contributed by atoms with Gasteiger partial charge in [-0.25, -0.2) is 0 Å². The van der Waals surface area contributed by atoms with E-state index < -0.39 is 55.0 Å². The number of esters is 1. The molecule has 0 aromatic heterocycles. The highest BCUT2D eigenvalue weighted by atomic mass is 16.7. The van der Waals surface area contributed by atoms with E-state index >= 15 is 0 Å². The van der Waals surface area contributed by atoms with Crippen LogP contribution in [-0.4, -0.2) is 86.6 Å². The van der Waals surface area contributed by atoms with Crippen LogP contribution in [0.25, 0.3) is 0 Å². The molecule has 44 heavy (non-hydrogen) atoms. The van der Waals surface area contributed by atoms with Crippen molar-refractivity contribution in [3.63, 3.8) is 0 Å². The van der Waals surface area contributed by atoms with Gasteiger partial charge in [-0.2, -0.15) is 0 Å². The van der Waals surface area contributed by atoms with E-state index in [0.717, 1.165) is 24.8 Å². The van der Waals surface area contributed by atoms with Crippen molar-refractivity contribution in [2.45, 2.75) is 149 Å². The van der Waals surface area contributed by atoms with Gasteiger partial charge >= 0.3 is 5.97 Å². The number of carbonyl (C=O) groups excluding carboxylic acids is 1. The SMILES string of the molecule is CC(=O)O[C@@H]1[C@@H](O)[C@H](C)O[C@@H](O[C@H]2C[C@H]3[C@@H]4CC=C5C[C@@H](O)CC[C@]5(C)[C@H]4[C@@H](O)C[C@]3(C)[C@H]2[C@H](C)[C@@H](O)CC=C(C)C)[C@@H]1O. The van der Waals surface area contributed by atoms with Crippen molar-refractivity contribution in [2.75, 3.05) is 0 Å². The summed E-state index contributed by atoms with van der Waals surface area (Å²) in [6.07, 6.45) is 1.67. The summed E-state index contributed by atoms with van der Waals surface area (Å²) in [5.74, 6) is -0.477. The third-order valence-electron chi connectivity index (χ3n) is 12.4. The van der Waals surface area contributed by atoms with E-state index in [1.807, 2.05) is 19.9 Å². The van der Waals surface area contributed by atoms with E-state index in [-0.39, 0.29) is 46.5 Å². The van der Waals surface area contributed by atoms with Crippen molar-refractivity contribution in [3.8, 4) is 0 Å². The monoisotopic (exact) mass is 620 g/mol. The lowest BCUT2D eigenvalue weighted by atomic mass is 9.46. The normalized spacial score (nSPS) is 48.2. The summed E-state index contributed by atoms with van der Waals surface area (Å²) in [4.78, 5) is 11.8. The maximum absolute atomic E-state index is 12.0. The van der Waals surface area contributed by atoms with Gasteiger partial charge in [0.05, 0.1) is 30.5 Å². The quantitative estimate of drug-likeness (QED) is 0.213. The van der Waals surface area contributed by atoms with E-state index in [1.54, 1.807) is 6.92 Å². The molecule has 9 heteroatoms. The lowest BCUT2D eigenvalue weighted by Gasteiger charge is -2.60. The minimum atomic E-state index is -1.39. The number of carbonyl (C=O) groups is 1. The Labute approximate surface area is 262 Å². The van der Waals surface area contributed by atoms with Crippen LogP contribution in [0.4, 0.5) is 0 Å². The van der Waals surface area contributed by atoms with E-state index in [0.29, 0.717) is 25.7 Å². The maximum Gasteiger partial charge on any atom is 0.303 e. The molecule has 250 valence electrons. The standard InChI is InChI=1S/C35H56O9/c1-17(2)8-11-25(38)18(3)28-27(44-33-31(41)32(43-20(5)36)30(40)19(4)42-33)15-24-23-10-9-21-14-22(37)12-13-34(21,6)29(23)26(39)16-35(24,28)7/h8-9,18-19,22-33,37-41H,10-16H2,1-7H3/t18-,19+,22+,23+,24+,25+,26+,27+,28+,29-,30+,31-,32-,33+,34+,35+/m1/s1. The fourth-order valence-corrected chi connectivity index (χ4v) is 10.3. The van der Waals surface area contributed by atoms with Gasteiger partial charge in [-0.1, -0.05) is 44.1 Å². The molecule has 3 saturated carbocycles. The smallest absolute Gasteiger partial charge is 0.303 e. The van der Waals surface area contributed by atoms with Crippen LogP contribution in [0.1, 0.15) is 93.4 Å². The van der Waals surface area contributed by atoms with E-state index in [1.165, 1.54) is 12.5 Å². The van der Waals surface area contributed by atoms with Crippen molar-refractivity contribution in [2.24, 2.45) is 40.4 Å². The third-order valence-corrected chi connectivity index (χ3v) is 12.4. The van der Waals surface area contributed by atoms with Crippen LogP contribution in [0.15, 0.2) is 23.3 Å². The van der Waals surface area contributed by atoms with Crippen LogP contribution in [0.3, 0.4) is 0 Å². The number of hydrogen-bond donors (Lipinski definition) is 5. The Morgan fingerprint density at radius 2 is 1.86 bits per heavy atom. The number of aliphatic hydroxyl groups excluding tert-OH is 5. The van der Waals surface area contributed by atoms with Crippen molar-refractivity contribution >= 4 is 5.97 Å². The van der Waals surface area contributed by atoms with E-state index in [9.17, 15) is 30.3 Å². The van der Waals surface area contributed by atoms with Gasteiger partial charge in [0.25, 0.3) is 0 Å². The fraction of sp³-hybridized carbons (Fsp3) is 0.857. The van der Waals surface area contributed by atoms with Gasteiger partial charge in [-0.15, -0.1) is 0 Å². The van der Waals surface area contributed by atoms with Gasteiger partial charge < -0.3 is 39.7 Å². The molecule has 4 fully saturated rings. The largest absolute Gasteiger partial charge is 0.457 e. The Kier molecular flexibility index (Phi) is 9.82. The molecule has 0 spiro atoms. The molecule has 5 N–H and O–H groups in total. The zero-order valence-corrected chi connectivity index (χ0v) is 27.6. The van der Waals surface area contributed by atoms with Crippen molar-refractivity contribution in [3.05, 3.63) is 23.3 Å². The first kappa shape index (κ1) is 34.0. The molecule has 0 bridgehead atoms. The molecule has 1 heterocycles. The zero-order valence-electron chi connectivity index (χ0n) is 27.6. The number of rotatable bonds is 7. The average Bonchev–Trinajstić information content (AvgIpc) is 3.23. The minimum absolute atomic E-state index is 0.0680. The Morgan fingerprint density at radius 3 is 2.52 bits per heavy atom. The molecule has 4 aliphatic carbocycles. The second kappa shape index (κ2) is 12.7. The predicted molar refractivity (Wildman–Crippen MR) is 164 cm³/mol. The van der Waals surface area contributed by atoms with Gasteiger partial charge in [0.15, 0.2) is 12.4 Å². The second-order valence-electron chi connectivity index (χ2n) is 15.5. The van der Waals surface area contributed by atoms with Crippen molar-refractivity contribution in [1.82, 2.24) is 0 Å². The fourth-order valence-electron chi connectivity index (χ4n) is 10.3. The molecule has 0 aromatic rings. The molecule has 16 atom stereocenters. The van der Waals surface area contributed by atoms with Gasteiger partial charge in [0.2, 0.25) is 0 Å². The highest BCUT2D eigenvalue weighted by molar-refractivity contribution is 5.66. The molecule has 1 aliphatic heterocycles. The molecular formula is C35H56O9. The number of hydrogen-bond acceptors (Lipinski definition) is 9. The maximum atomic E-state index is 12.0. The molecular weight excluding hydrogens is 564 g/mol. The first-order chi connectivity index (χ1) is 20.6. The molecule has 9 nitrogen and oxygen atoms in total. The van der Waals surface area contributed by atoms with Gasteiger partial charge in [0, 0.05) is 6.92 Å². The van der Waals surface area contributed by atoms with Gasteiger partial charge in [-0.05, 0) is 106 Å². The number of allylic oxidation sites excluding steroid dienone is 2. The molecule has 0 aromatic carbocycles. The summed E-state index contributed by atoms with van der Waals surface area (Å²) in [6.45, 7) is 13.5. The highest BCUT2D eigenvalue weighted by Gasteiger charge is 2.65. The Hall–Kier alpha value is -1.33. The molecule has 5 aliphatic rings. The minimum Gasteiger partial charge on any atom is -0.457 e. The Morgan fingerprint density at radius 1 is 1.16 bits per heavy atom. The summed E-state index contributed by atoms with van der Waals surface area (Å²) in [5.41, 5.74) is 1.88. The molecule has 0 radical (unpaired) electrons. The Balaban J connectivity index is 1.49. The van der Waals surface area contributed by atoms with Crippen molar-refractivity contribution < 1.29 is 44.5 Å². The molecule has 0 amide bonds. The lowest BCUT2D eigenvalue weighted by molar-refractivity contribution is -0.311. The summed E-state index contributed by atoms with van der Waals surface area (Å²) >= 11 is 0. The van der Waals surface area contributed by atoms with Crippen LogP contribution in [0.2, 0.25) is 0 Å². The first-order valence-corrected chi connectivity index (χ1v) is 16.8. The van der Waals surface area contributed by atoms with Gasteiger partial charge in [-0.3, -0.25) is 4.79 Å². The van der Waals surface area contributed by atoms with Crippen molar-refractivity contribution in [1.29, 1.82) is 0 Å². The van der Waals surface area contributed by atoms with E-state index in [4.69, 9.17) is 14.2 Å². The van der Waals surface area contributed by atoms with Crippen LogP contribution < -0.4 is 0 Å². The summed E-state index contributed by atoms with van der Waals surface area (Å²) in [5, 5.41) is 55.8. The summed E-state index contributed by atoms with van der Waals surface area (Å²) < 4.78 is 18.0. The lowest BCUT2D eigenvalue weighted by Crippen LogP contribution is -2.59. The van der Waals surface area contributed by atoms with Crippen LogP contribution >= 0.6 is 0 Å². The zero-order chi connectivity index (χ0) is 32.3. The Bertz CT molecular complexity index is 1120. The van der Waals surface area contributed by atoms with Gasteiger partial charge in [0.1, 0.15) is 12.2 Å². The third kappa shape index (κ3) is 5.96. The second-order valence-corrected chi connectivity index (χ2v) is 15.5. The predicted octanol–water partition coefficient (Wildman–Crippen LogP) is 3.64. The van der Waals surface area contributed by atoms with Crippen LogP contribution in [0, 0.1) is 40.4 Å². The molecule has 0 unspecified atom stereocenters. The number of aliphatic hydroxyl groups is 5. The topological polar surface area (TPSA) is 146 Å². The van der Waals surface area contributed by atoms with E-state index in [2.05, 4.69) is 26.8 Å². The summed E-state index contributed by atoms with van der Waals surface area (Å²) in [7, 11) is 0. The average molecular weight is 621 g/mol. The highest BCUT2D eigenvalue weighted by Crippen LogP contribution is 2.68.